The minimum Gasteiger partial charge on any atom is -0.478 e. The summed E-state index contributed by atoms with van der Waals surface area (Å²) in [5.74, 6) is -2.55. The molecule has 0 bridgehead atoms. The zero-order valence-corrected chi connectivity index (χ0v) is 10.1. The minimum absolute atomic E-state index is 0.154. The maximum absolute atomic E-state index is 13.5. The molecule has 1 amide bonds. The van der Waals surface area contributed by atoms with Gasteiger partial charge in [0.1, 0.15) is 0 Å². The number of hydrogen-bond acceptors (Lipinski definition) is 3. The summed E-state index contributed by atoms with van der Waals surface area (Å²) in [5, 5.41) is 11.2. The molecule has 1 rings (SSSR count). The van der Waals surface area contributed by atoms with E-state index in [1.54, 1.807) is 6.92 Å². The molecule has 5 nitrogen and oxygen atoms in total. The van der Waals surface area contributed by atoms with Gasteiger partial charge in [-0.05, 0) is 32.0 Å². The topological polar surface area (TPSA) is 75.6 Å². The van der Waals surface area contributed by atoms with Crippen LogP contribution in [-0.4, -0.2) is 29.6 Å². The van der Waals surface area contributed by atoms with Crippen molar-refractivity contribution < 1.29 is 23.8 Å². The Hall–Kier alpha value is -2.11. The monoisotopic (exact) mass is 255 g/mol. The number of likely N-dealkylation sites (N-methyl/N-ethyl adjacent to an activating group) is 1. The Morgan fingerprint density at radius 2 is 2.17 bits per heavy atom. The third-order valence-electron chi connectivity index (χ3n) is 2.20. The van der Waals surface area contributed by atoms with Gasteiger partial charge >= 0.3 is 5.97 Å². The number of benzene rings is 1. The highest BCUT2D eigenvalue weighted by Crippen LogP contribution is 2.19. The molecule has 0 fully saturated rings. The zero-order valence-electron chi connectivity index (χ0n) is 10.1. The molecule has 0 radical (unpaired) electrons. The van der Waals surface area contributed by atoms with Crippen LogP contribution in [-0.2, 0) is 4.79 Å². The van der Waals surface area contributed by atoms with Crippen LogP contribution in [0.3, 0.4) is 0 Å². The van der Waals surface area contributed by atoms with Crippen molar-refractivity contribution in [1.29, 1.82) is 0 Å². The number of aromatic carboxylic acids is 1. The number of rotatable bonds is 5. The molecule has 1 atom stereocenters. The van der Waals surface area contributed by atoms with Crippen LogP contribution in [0.4, 0.5) is 4.39 Å². The Kier molecular flexibility index (Phi) is 4.65. The summed E-state index contributed by atoms with van der Waals surface area (Å²) in [6, 6.07) is 3.25. The lowest BCUT2D eigenvalue weighted by Crippen LogP contribution is -2.36. The quantitative estimate of drug-likeness (QED) is 0.834. The number of hydrogen-bond donors (Lipinski definition) is 2. The molecule has 0 aliphatic rings. The first-order valence-electron chi connectivity index (χ1n) is 5.43. The van der Waals surface area contributed by atoms with E-state index >= 15 is 0 Å². The van der Waals surface area contributed by atoms with Crippen molar-refractivity contribution in [3.05, 3.63) is 29.6 Å². The van der Waals surface area contributed by atoms with Crippen LogP contribution in [0.1, 0.15) is 24.2 Å². The Morgan fingerprint density at radius 3 is 2.67 bits per heavy atom. The molecule has 0 spiro atoms. The van der Waals surface area contributed by atoms with Gasteiger partial charge in [0, 0.05) is 6.54 Å². The van der Waals surface area contributed by atoms with E-state index in [0.717, 1.165) is 6.07 Å². The molecule has 98 valence electrons. The summed E-state index contributed by atoms with van der Waals surface area (Å²) in [5.41, 5.74) is -0.175. The van der Waals surface area contributed by atoms with Gasteiger partial charge in [-0.3, -0.25) is 4.79 Å². The van der Waals surface area contributed by atoms with Crippen LogP contribution in [0.5, 0.6) is 5.75 Å². The smallest absolute Gasteiger partial charge is 0.335 e. The molecule has 0 saturated carbocycles. The predicted octanol–water partition coefficient (Wildman–Crippen LogP) is 1.43. The number of carboxylic acid groups (broad SMARTS) is 1. The van der Waals surface area contributed by atoms with Gasteiger partial charge in [0.15, 0.2) is 17.7 Å². The van der Waals surface area contributed by atoms with Crippen molar-refractivity contribution in [2.75, 3.05) is 6.54 Å². The van der Waals surface area contributed by atoms with E-state index in [-0.39, 0.29) is 17.2 Å². The summed E-state index contributed by atoms with van der Waals surface area (Å²) < 4.78 is 18.6. The number of amides is 1. The van der Waals surface area contributed by atoms with Crippen LogP contribution in [0.15, 0.2) is 18.2 Å². The van der Waals surface area contributed by atoms with Crippen LogP contribution >= 0.6 is 0 Å². The van der Waals surface area contributed by atoms with Crippen molar-refractivity contribution >= 4 is 11.9 Å². The largest absolute Gasteiger partial charge is 0.478 e. The Balaban J connectivity index is 2.79. The fourth-order valence-electron chi connectivity index (χ4n) is 1.29. The van der Waals surface area contributed by atoms with Gasteiger partial charge in [-0.25, -0.2) is 9.18 Å². The first-order valence-corrected chi connectivity index (χ1v) is 5.43. The van der Waals surface area contributed by atoms with Crippen molar-refractivity contribution in [2.45, 2.75) is 20.0 Å². The Morgan fingerprint density at radius 1 is 1.50 bits per heavy atom. The average molecular weight is 255 g/mol. The van der Waals surface area contributed by atoms with Crippen molar-refractivity contribution in [2.24, 2.45) is 0 Å². The molecule has 1 aromatic rings. The van der Waals surface area contributed by atoms with Crippen LogP contribution in [0.25, 0.3) is 0 Å². The van der Waals surface area contributed by atoms with Crippen LogP contribution < -0.4 is 10.1 Å². The standard InChI is InChI=1S/C12H14FNO4/c1-3-14-11(15)7(2)18-10-5-4-8(12(16)17)6-9(10)13/h4-7H,3H2,1-2H3,(H,14,15)(H,16,17). The molecular formula is C12H14FNO4. The minimum atomic E-state index is -1.22. The normalized spacial score (nSPS) is 11.7. The van der Waals surface area contributed by atoms with Gasteiger partial charge < -0.3 is 15.2 Å². The fraction of sp³-hybridized carbons (Fsp3) is 0.333. The summed E-state index contributed by atoms with van der Waals surface area (Å²) in [6.07, 6.45) is -0.852. The lowest BCUT2D eigenvalue weighted by atomic mass is 10.2. The molecular weight excluding hydrogens is 241 g/mol. The summed E-state index contributed by atoms with van der Waals surface area (Å²) in [7, 11) is 0. The summed E-state index contributed by atoms with van der Waals surface area (Å²) in [6.45, 7) is 3.69. The molecule has 0 aliphatic carbocycles. The van der Waals surface area contributed by atoms with Gasteiger partial charge in [-0.15, -0.1) is 0 Å². The maximum atomic E-state index is 13.5. The predicted molar refractivity (Wildman–Crippen MR) is 62.1 cm³/mol. The number of halogens is 1. The Labute approximate surface area is 104 Å². The van der Waals surface area contributed by atoms with E-state index in [9.17, 15) is 14.0 Å². The zero-order chi connectivity index (χ0) is 13.7. The molecule has 1 unspecified atom stereocenters. The van der Waals surface area contributed by atoms with Crippen molar-refractivity contribution in [3.8, 4) is 5.75 Å². The van der Waals surface area contributed by atoms with E-state index in [4.69, 9.17) is 9.84 Å². The number of carbonyl (C=O) groups is 2. The van der Waals surface area contributed by atoms with Gasteiger partial charge in [0.25, 0.3) is 5.91 Å². The summed E-state index contributed by atoms with van der Waals surface area (Å²) >= 11 is 0. The van der Waals surface area contributed by atoms with Gasteiger partial charge in [0.2, 0.25) is 0 Å². The summed E-state index contributed by atoms with van der Waals surface area (Å²) in [4.78, 5) is 22.0. The highest BCUT2D eigenvalue weighted by atomic mass is 19.1. The second-order valence-corrected chi connectivity index (χ2v) is 3.61. The van der Waals surface area contributed by atoms with E-state index in [1.807, 2.05) is 0 Å². The van der Waals surface area contributed by atoms with E-state index in [0.29, 0.717) is 6.54 Å². The van der Waals surface area contributed by atoms with Crippen molar-refractivity contribution in [3.63, 3.8) is 0 Å². The Bertz CT molecular complexity index is 461. The van der Waals surface area contributed by atoms with Gasteiger partial charge in [-0.2, -0.15) is 0 Å². The third-order valence-corrected chi connectivity index (χ3v) is 2.20. The second kappa shape index (κ2) is 6.00. The molecule has 0 saturated heterocycles. The van der Waals surface area contributed by atoms with E-state index < -0.39 is 17.9 Å². The highest BCUT2D eigenvalue weighted by Gasteiger charge is 2.16. The SMILES string of the molecule is CCNC(=O)C(C)Oc1ccc(C(=O)O)cc1F. The molecule has 2 N–H and O–H groups in total. The molecule has 0 aromatic heterocycles. The number of ether oxygens (including phenoxy) is 1. The lowest BCUT2D eigenvalue weighted by molar-refractivity contribution is -0.127. The highest BCUT2D eigenvalue weighted by molar-refractivity contribution is 5.87. The first kappa shape index (κ1) is 14.0. The van der Waals surface area contributed by atoms with E-state index in [2.05, 4.69) is 5.32 Å². The first-order chi connectivity index (χ1) is 8.45. The molecule has 0 aliphatic heterocycles. The lowest BCUT2D eigenvalue weighted by Gasteiger charge is -2.14. The number of carbonyl (C=O) groups excluding carboxylic acids is 1. The maximum Gasteiger partial charge on any atom is 0.335 e. The number of nitrogens with one attached hydrogen (secondary N) is 1. The molecule has 18 heavy (non-hydrogen) atoms. The second-order valence-electron chi connectivity index (χ2n) is 3.61. The third kappa shape index (κ3) is 3.44. The van der Waals surface area contributed by atoms with Crippen LogP contribution in [0, 0.1) is 5.82 Å². The average Bonchev–Trinajstić information content (AvgIpc) is 2.31. The van der Waals surface area contributed by atoms with Gasteiger partial charge in [-0.1, -0.05) is 0 Å². The molecule has 1 aromatic carbocycles. The van der Waals surface area contributed by atoms with Crippen molar-refractivity contribution in [1.82, 2.24) is 5.32 Å². The molecule has 6 heteroatoms. The fourth-order valence-corrected chi connectivity index (χ4v) is 1.29. The number of carboxylic acids is 1. The van der Waals surface area contributed by atoms with Crippen LogP contribution in [0.2, 0.25) is 0 Å². The molecule has 0 heterocycles. The van der Waals surface area contributed by atoms with E-state index in [1.165, 1.54) is 19.1 Å². The van der Waals surface area contributed by atoms with Gasteiger partial charge in [0.05, 0.1) is 5.56 Å².